The maximum absolute atomic E-state index is 3.64. The highest BCUT2D eigenvalue weighted by Gasteiger charge is 2.30. The molecule has 0 unspecified atom stereocenters. The second-order valence-corrected chi connectivity index (χ2v) is 5.71. The molecule has 0 bridgehead atoms. The Morgan fingerprint density at radius 1 is 1.40 bits per heavy atom. The van der Waals surface area contributed by atoms with Gasteiger partial charge in [-0.25, -0.2) is 0 Å². The highest BCUT2D eigenvalue weighted by Crippen LogP contribution is 2.31. The van der Waals surface area contributed by atoms with Gasteiger partial charge in [-0.2, -0.15) is 0 Å². The molecule has 0 aromatic heterocycles. The topological polar surface area (TPSA) is 12.0 Å². The Kier molecular flexibility index (Phi) is 3.17. The lowest BCUT2D eigenvalue weighted by molar-refractivity contribution is 0.207. The van der Waals surface area contributed by atoms with E-state index in [0.717, 1.165) is 6.54 Å². The minimum atomic E-state index is 0.404. The number of aryl methyl sites for hydroxylation is 1. The lowest BCUT2D eigenvalue weighted by Gasteiger charge is -2.39. The smallest absolute Gasteiger partial charge is 0.0210 e. The molecule has 2 rings (SSSR count). The Bertz CT molecular complexity index is 356. The van der Waals surface area contributed by atoms with Gasteiger partial charge in [0.15, 0.2) is 0 Å². The summed E-state index contributed by atoms with van der Waals surface area (Å²) in [5.41, 5.74) is 3.10. The Morgan fingerprint density at radius 3 is 2.67 bits per heavy atom. The van der Waals surface area contributed by atoms with Crippen molar-refractivity contribution in [3.63, 3.8) is 0 Å². The third-order valence-corrected chi connectivity index (χ3v) is 4.29. The van der Waals surface area contributed by atoms with Gasteiger partial charge in [-0.05, 0) is 50.3 Å². The van der Waals surface area contributed by atoms with Crippen molar-refractivity contribution in [3.05, 3.63) is 33.8 Å². The van der Waals surface area contributed by atoms with Gasteiger partial charge in [0.1, 0.15) is 0 Å². The number of benzene rings is 1. The van der Waals surface area contributed by atoms with E-state index >= 15 is 0 Å². The van der Waals surface area contributed by atoms with Gasteiger partial charge in [0.05, 0.1) is 0 Å². The van der Waals surface area contributed by atoms with Crippen molar-refractivity contribution >= 4 is 15.9 Å². The Labute approximate surface area is 100 Å². The third-order valence-electron chi connectivity index (χ3n) is 3.40. The van der Waals surface area contributed by atoms with Gasteiger partial charge in [0, 0.05) is 16.6 Å². The normalized spacial score (nSPS) is 18.6. The highest BCUT2D eigenvalue weighted by atomic mass is 79.9. The SMILES string of the molecule is Cc1cc(CNC2(C)CCC2)ccc1Br. The minimum Gasteiger partial charge on any atom is -0.307 e. The Balaban J connectivity index is 1.96. The second-order valence-electron chi connectivity index (χ2n) is 4.85. The predicted octanol–water partition coefficient (Wildman–Crippen LogP) is 3.79. The number of hydrogen-bond donors (Lipinski definition) is 1. The molecule has 1 saturated carbocycles. The molecule has 2 heteroatoms. The lowest BCUT2D eigenvalue weighted by Crippen LogP contribution is -2.47. The largest absolute Gasteiger partial charge is 0.307 e. The average Bonchev–Trinajstić information content (AvgIpc) is 2.17. The molecular formula is C13H18BrN. The Morgan fingerprint density at radius 2 is 2.13 bits per heavy atom. The summed E-state index contributed by atoms with van der Waals surface area (Å²) >= 11 is 3.52. The summed E-state index contributed by atoms with van der Waals surface area (Å²) in [6, 6.07) is 6.57. The van der Waals surface area contributed by atoms with Gasteiger partial charge < -0.3 is 5.32 Å². The van der Waals surface area contributed by atoms with Crippen LogP contribution in [-0.4, -0.2) is 5.54 Å². The van der Waals surface area contributed by atoms with Crippen LogP contribution in [0.3, 0.4) is 0 Å². The maximum atomic E-state index is 3.64. The van der Waals surface area contributed by atoms with E-state index in [0.29, 0.717) is 5.54 Å². The van der Waals surface area contributed by atoms with E-state index in [9.17, 15) is 0 Å². The molecule has 1 nitrogen and oxygen atoms in total. The molecular weight excluding hydrogens is 250 g/mol. The minimum absolute atomic E-state index is 0.404. The van der Waals surface area contributed by atoms with Gasteiger partial charge in [0.25, 0.3) is 0 Å². The van der Waals surface area contributed by atoms with E-state index in [1.165, 1.54) is 34.9 Å². The summed E-state index contributed by atoms with van der Waals surface area (Å²) in [6.07, 6.45) is 4.02. The first-order valence-corrected chi connectivity index (χ1v) is 6.38. The molecule has 15 heavy (non-hydrogen) atoms. The van der Waals surface area contributed by atoms with Crippen LogP contribution in [0.4, 0.5) is 0 Å². The van der Waals surface area contributed by atoms with E-state index in [2.05, 4.69) is 53.3 Å². The zero-order valence-corrected chi connectivity index (χ0v) is 11.0. The van der Waals surface area contributed by atoms with Crippen LogP contribution in [0.5, 0.6) is 0 Å². The van der Waals surface area contributed by atoms with Crippen molar-refractivity contribution in [2.75, 3.05) is 0 Å². The van der Waals surface area contributed by atoms with Gasteiger partial charge >= 0.3 is 0 Å². The number of hydrogen-bond acceptors (Lipinski definition) is 1. The maximum Gasteiger partial charge on any atom is 0.0210 e. The van der Waals surface area contributed by atoms with Crippen LogP contribution in [0.1, 0.15) is 37.3 Å². The van der Waals surface area contributed by atoms with E-state index in [4.69, 9.17) is 0 Å². The second kappa shape index (κ2) is 4.26. The van der Waals surface area contributed by atoms with Crippen molar-refractivity contribution < 1.29 is 0 Å². The molecule has 0 heterocycles. The molecule has 82 valence electrons. The van der Waals surface area contributed by atoms with Crippen LogP contribution in [0.15, 0.2) is 22.7 Å². The molecule has 1 fully saturated rings. The average molecular weight is 268 g/mol. The molecule has 1 aliphatic carbocycles. The summed E-state index contributed by atoms with van der Waals surface area (Å²) in [5, 5.41) is 3.64. The first-order chi connectivity index (χ1) is 7.09. The van der Waals surface area contributed by atoms with Crippen molar-refractivity contribution in [3.8, 4) is 0 Å². The van der Waals surface area contributed by atoms with Crippen LogP contribution in [0.25, 0.3) is 0 Å². The summed E-state index contributed by atoms with van der Waals surface area (Å²) < 4.78 is 1.20. The van der Waals surface area contributed by atoms with E-state index in [-0.39, 0.29) is 0 Å². The summed E-state index contributed by atoms with van der Waals surface area (Å²) in [7, 11) is 0. The number of halogens is 1. The first-order valence-electron chi connectivity index (χ1n) is 5.59. The number of nitrogens with one attached hydrogen (secondary N) is 1. The summed E-state index contributed by atoms with van der Waals surface area (Å²) in [6.45, 7) is 5.45. The van der Waals surface area contributed by atoms with Crippen LogP contribution < -0.4 is 5.32 Å². The monoisotopic (exact) mass is 267 g/mol. The van der Waals surface area contributed by atoms with Crippen molar-refractivity contribution in [1.29, 1.82) is 0 Å². The van der Waals surface area contributed by atoms with Gasteiger partial charge in [-0.3, -0.25) is 0 Å². The lowest BCUT2D eigenvalue weighted by atomic mass is 9.78. The van der Waals surface area contributed by atoms with E-state index in [1.807, 2.05) is 0 Å². The fraction of sp³-hybridized carbons (Fsp3) is 0.538. The number of rotatable bonds is 3. The third kappa shape index (κ3) is 2.61. The van der Waals surface area contributed by atoms with Crippen LogP contribution >= 0.6 is 15.9 Å². The molecule has 1 aliphatic rings. The molecule has 0 atom stereocenters. The van der Waals surface area contributed by atoms with E-state index < -0.39 is 0 Å². The van der Waals surface area contributed by atoms with Crippen LogP contribution in [0, 0.1) is 6.92 Å². The van der Waals surface area contributed by atoms with Crippen molar-refractivity contribution in [2.24, 2.45) is 0 Å². The molecule has 0 spiro atoms. The molecule has 1 aromatic rings. The van der Waals surface area contributed by atoms with Crippen molar-refractivity contribution in [1.82, 2.24) is 5.32 Å². The quantitative estimate of drug-likeness (QED) is 0.879. The van der Waals surface area contributed by atoms with Crippen molar-refractivity contribution in [2.45, 2.75) is 45.2 Å². The first kappa shape index (κ1) is 11.2. The molecule has 0 amide bonds. The van der Waals surface area contributed by atoms with Gasteiger partial charge in [0.2, 0.25) is 0 Å². The Hall–Kier alpha value is -0.340. The summed E-state index contributed by atoms with van der Waals surface area (Å²) in [5.74, 6) is 0. The fourth-order valence-electron chi connectivity index (χ4n) is 2.02. The zero-order chi connectivity index (χ0) is 10.9. The fourth-order valence-corrected chi connectivity index (χ4v) is 2.26. The van der Waals surface area contributed by atoms with E-state index in [1.54, 1.807) is 0 Å². The molecule has 0 saturated heterocycles. The molecule has 1 aromatic carbocycles. The summed E-state index contributed by atoms with van der Waals surface area (Å²) in [4.78, 5) is 0. The molecule has 1 N–H and O–H groups in total. The van der Waals surface area contributed by atoms with Gasteiger partial charge in [-0.15, -0.1) is 0 Å². The standard InChI is InChI=1S/C13H18BrN/c1-10-8-11(4-5-12(10)14)9-15-13(2)6-3-7-13/h4-5,8,15H,3,6-7,9H2,1-2H3. The van der Waals surface area contributed by atoms with Crippen LogP contribution in [-0.2, 0) is 6.54 Å². The predicted molar refractivity (Wildman–Crippen MR) is 68.0 cm³/mol. The molecule has 0 aliphatic heterocycles. The highest BCUT2D eigenvalue weighted by molar-refractivity contribution is 9.10. The molecule has 0 radical (unpaired) electrons. The van der Waals surface area contributed by atoms with Crippen LogP contribution in [0.2, 0.25) is 0 Å². The zero-order valence-electron chi connectivity index (χ0n) is 9.44. The van der Waals surface area contributed by atoms with Gasteiger partial charge in [-0.1, -0.05) is 28.1 Å².